The first kappa shape index (κ1) is 13.0. The molecule has 0 saturated carbocycles. The van der Waals surface area contributed by atoms with Gasteiger partial charge >= 0.3 is 0 Å². The number of H-pyrrole nitrogens is 1. The minimum Gasteiger partial charge on any atom is -0.343 e. The number of thiazole rings is 1. The van der Waals surface area contributed by atoms with Gasteiger partial charge in [-0.2, -0.15) is 0 Å². The summed E-state index contributed by atoms with van der Waals surface area (Å²) in [6.45, 7) is 0. The van der Waals surface area contributed by atoms with Gasteiger partial charge in [0.2, 0.25) is 0 Å². The van der Waals surface area contributed by atoms with Crippen LogP contribution in [0.5, 0.6) is 0 Å². The third kappa shape index (κ3) is 2.79. The molecule has 0 fully saturated rings. The van der Waals surface area contributed by atoms with E-state index in [0.717, 1.165) is 22.9 Å². The average Bonchev–Trinajstić information content (AvgIpc) is 3.16. The lowest BCUT2D eigenvalue weighted by Crippen LogP contribution is -2.18. The van der Waals surface area contributed by atoms with Crippen LogP contribution in [-0.2, 0) is 6.42 Å². The van der Waals surface area contributed by atoms with E-state index in [4.69, 9.17) is 0 Å². The number of likely N-dealkylation sites (N-methyl/N-ethyl adjacent to an activating group) is 1. The summed E-state index contributed by atoms with van der Waals surface area (Å²) in [5, 5.41) is 6.39. The van der Waals surface area contributed by atoms with Crippen molar-refractivity contribution in [3.63, 3.8) is 0 Å². The molecule has 2 N–H and O–H groups in total. The van der Waals surface area contributed by atoms with Crippen LogP contribution < -0.4 is 5.32 Å². The molecule has 5 heteroatoms. The molecule has 20 heavy (non-hydrogen) atoms. The van der Waals surface area contributed by atoms with Crippen molar-refractivity contribution in [2.24, 2.45) is 0 Å². The molecule has 0 saturated heterocycles. The van der Waals surface area contributed by atoms with Gasteiger partial charge in [0.25, 0.3) is 0 Å². The summed E-state index contributed by atoms with van der Waals surface area (Å²) in [4.78, 5) is 12.0. The van der Waals surface area contributed by atoms with Gasteiger partial charge in [0.05, 0.1) is 5.69 Å². The Balaban J connectivity index is 1.77. The standard InChI is InChI=1S/C15H16N4S/c1-16-13(11-5-3-2-4-6-11)9-12-10-20-15(19-12)14-17-7-8-18-14/h2-8,10,13,16H,9H2,1H3,(H,17,18). The van der Waals surface area contributed by atoms with E-state index < -0.39 is 0 Å². The lowest BCUT2D eigenvalue weighted by atomic mass is 10.0. The smallest absolute Gasteiger partial charge is 0.166 e. The van der Waals surface area contributed by atoms with Crippen LogP contribution in [0.1, 0.15) is 17.3 Å². The molecule has 1 unspecified atom stereocenters. The Morgan fingerprint density at radius 3 is 2.85 bits per heavy atom. The maximum atomic E-state index is 4.65. The van der Waals surface area contributed by atoms with E-state index >= 15 is 0 Å². The summed E-state index contributed by atoms with van der Waals surface area (Å²) in [5.74, 6) is 0.835. The number of nitrogens with one attached hydrogen (secondary N) is 2. The summed E-state index contributed by atoms with van der Waals surface area (Å²) >= 11 is 1.62. The second kappa shape index (κ2) is 5.98. The van der Waals surface area contributed by atoms with Gasteiger partial charge in [-0.25, -0.2) is 9.97 Å². The molecular formula is C15H16N4S. The van der Waals surface area contributed by atoms with Crippen LogP contribution in [0.2, 0.25) is 0 Å². The lowest BCUT2D eigenvalue weighted by Gasteiger charge is -2.15. The van der Waals surface area contributed by atoms with Crippen molar-refractivity contribution >= 4 is 11.3 Å². The number of hydrogen-bond acceptors (Lipinski definition) is 4. The van der Waals surface area contributed by atoms with Crippen LogP contribution in [0.15, 0.2) is 48.1 Å². The van der Waals surface area contributed by atoms with Crippen molar-refractivity contribution in [3.8, 4) is 10.8 Å². The highest BCUT2D eigenvalue weighted by molar-refractivity contribution is 7.13. The quantitative estimate of drug-likeness (QED) is 0.757. The van der Waals surface area contributed by atoms with E-state index in [9.17, 15) is 0 Å². The number of nitrogens with zero attached hydrogens (tertiary/aromatic N) is 2. The van der Waals surface area contributed by atoms with Gasteiger partial charge in [-0.05, 0) is 12.6 Å². The van der Waals surface area contributed by atoms with Crippen molar-refractivity contribution in [1.82, 2.24) is 20.3 Å². The van der Waals surface area contributed by atoms with Gasteiger partial charge in [-0.15, -0.1) is 11.3 Å². The van der Waals surface area contributed by atoms with Crippen LogP contribution in [0.4, 0.5) is 0 Å². The molecule has 0 aliphatic carbocycles. The van der Waals surface area contributed by atoms with Gasteiger partial charge in [-0.3, -0.25) is 0 Å². The van der Waals surface area contributed by atoms with Crippen LogP contribution in [-0.4, -0.2) is 22.0 Å². The largest absolute Gasteiger partial charge is 0.343 e. The summed E-state index contributed by atoms with van der Waals surface area (Å²) in [6.07, 6.45) is 4.44. The highest BCUT2D eigenvalue weighted by atomic mass is 32.1. The molecule has 4 nitrogen and oxygen atoms in total. The van der Waals surface area contributed by atoms with Crippen molar-refractivity contribution in [1.29, 1.82) is 0 Å². The van der Waals surface area contributed by atoms with Crippen molar-refractivity contribution in [2.75, 3.05) is 7.05 Å². The first-order valence-corrected chi connectivity index (χ1v) is 7.41. The molecule has 0 bridgehead atoms. The molecule has 1 atom stereocenters. The van der Waals surface area contributed by atoms with Crippen molar-refractivity contribution in [3.05, 3.63) is 59.4 Å². The predicted molar refractivity (Wildman–Crippen MR) is 81.6 cm³/mol. The van der Waals surface area contributed by atoms with Crippen molar-refractivity contribution in [2.45, 2.75) is 12.5 Å². The van der Waals surface area contributed by atoms with E-state index in [1.807, 2.05) is 19.3 Å². The van der Waals surface area contributed by atoms with Crippen LogP contribution in [0.3, 0.4) is 0 Å². The summed E-state index contributed by atoms with van der Waals surface area (Å²) in [5.41, 5.74) is 2.37. The third-order valence-electron chi connectivity index (χ3n) is 3.22. The fourth-order valence-electron chi connectivity index (χ4n) is 2.17. The van der Waals surface area contributed by atoms with Crippen molar-refractivity contribution < 1.29 is 0 Å². The Bertz CT molecular complexity index is 646. The zero-order valence-corrected chi connectivity index (χ0v) is 12.0. The van der Waals surface area contributed by atoms with Crippen LogP contribution in [0, 0.1) is 0 Å². The van der Waals surface area contributed by atoms with E-state index in [2.05, 4.69) is 49.9 Å². The summed E-state index contributed by atoms with van der Waals surface area (Å²) in [6, 6.07) is 10.7. The minimum absolute atomic E-state index is 0.280. The zero-order valence-electron chi connectivity index (χ0n) is 11.2. The molecule has 1 aromatic carbocycles. The van der Waals surface area contributed by atoms with Gasteiger partial charge in [0, 0.05) is 30.2 Å². The topological polar surface area (TPSA) is 53.6 Å². The highest BCUT2D eigenvalue weighted by Crippen LogP contribution is 2.23. The van der Waals surface area contributed by atoms with Crippen LogP contribution in [0.25, 0.3) is 10.8 Å². The normalized spacial score (nSPS) is 12.4. The molecule has 0 spiro atoms. The van der Waals surface area contributed by atoms with E-state index in [0.29, 0.717) is 0 Å². The number of imidazole rings is 1. The highest BCUT2D eigenvalue weighted by Gasteiger charge is 2.13. The predicted octanol–water partition coefficient (Wildman–Crippen LogP) is 3.04. The molecule has 3 aromatic rings. The molecular weight excluding hydrogens is 268 g/mol. The first-order valence-electron chi connectivity index (χ1n) is 6.53. The SMILES string of the molecule is CNC(Cc1csc(-c2ncc[nH]2)n1)c1ccccc1. The van der Waals surface area contributed by atoms with Gasteiger partial charge < -0.3 is 10.3 Å². The summed E-state index contributed by atoms with van der Waals surface area (Å²) < 4.78 is 0. The molecule has 2 aromatic heterocycles. The van der Waals surface area contributed by atoms with Crippen LogP contribution >= 0.6 is 11.3 Å². The van der Waals surface area contributed by atoms with Gasteiger partial charge in [0.1, 0.15) is 0 Å². The average molecular weight is 284 g/mol. The van der Waals surface area contributed by atoms with E-state index in [1.54, 1.807) is 17.5 Å². The molecule has 0 aliphatic heterocycles. The number of aromatic nitrogens is 3. The number of rotatable bonds is 5. The molecule has 3 rings (SSSR count). The summed E-state index contributed by atoms with van der Waals surface area (Å²) in [7, 11) is 1.98. The molecule has 0 amide bonds. The molecule has 0 radical (unpaired) electrons. The Kier molecular flexibility index (Phi) is 3.90. The maximum Gasteiger partial charge on any atom is 0.166 e. The molecule has 2 heterocycles. The number of benzene rings is 1. The Hall–Kier alpha value is -1.98. The fraction of sp³-hybridized carbons (Fsp3) is 0.200. The Morgan fingerprint density at radius 2 is 2.15 bits per heavy atom. The number of hydrogen-bond donors (Lipinski definition) is 2. The maximum absolute atomic E-state index is 4.65. The lowest BCUT2D eigenvalue weighted by molar-refractivity contribution is 0.586. The van der Waals surface area contributed by atoms with Gasteiger partial charge in [-0.1, -0.05) is 30.3 Å². The van der Waals surface area contributed by atoms with E-state index in [-0.39, 0.29) is 6.04 Å². The molecule has 102 valence electrons. The zero-order chi connectivity index (χ0) is 13.8. The Morgan fingerprint density at radius 1 is 1.30 bits per heavy atom. The number of aromatic amines is 1. The second-order valence-corrected chi connectivity index (χ2v) is 5.40. The monoisotopic (exact) mass is 284 g/mol. The van der Waals surface area contributed by atoms with E-state index in [1.165, 1.54) is 5.56 Å². The Labute approximate surface area is 121 Å². The first-order chi connectivity index (χ1) is 9.86. The third-order valence-corrected chi connectivity index (χ3v) is 4.11. The molecule has 0 aliphatic rings. The fourth-order valence-corrected chi connectivity index (χ4v) is 2.96. The second-order valence-electron chi connectivity index (χ2n) is 4.54. The van der Waals surface area contributed by atoms with Gasteiger partial charge in [0.15, 0.2) is 10.8 Å². The minimum atomic E-state index is 0.280.